The quantitative estimate of drug-likeness (QED) is 0.539. The van der Waals surface area contributed by atoms with Gasteiger partial charge in [0.25, 0.3) is 0 Å². The molecular weight excluding hydrogens is 122 g/mol. The number of nitrogens with zero attached hydrogens (tertiary/aromatic N) is 1. The molecule has 0 spiro atoms. The first-order chi connectivity index (χ1) is 4.70. The van der Waals surface area contributed by atoms with Gasteiger partial charge in [0.2, 0.25) is 0 Å². The maximum Gasteiger partial charge on any atom is 0.00385 e. The van der Waals surface area contributed by atoms with Gasteiger partial charge < -0.3 is 4.90 Å². The van der Waals surface area contributed by atoms with E-state index in [1.807, 2.05) is 0 Å². The Hall–Kier alpha value is -0.0400. The van der Waals surface area contributed by atoms with Crippen molar-refractivity contribution in [3.8, 4) is 0 Å². The largest absolute Gasteiger partial charge is 0.301 e. The van der Waals surface area contributed by atoms with Crippen LogP contribution in [0.25, 0.3) is 0 Å². The lowest BCUT2D eigenvalue weighted by Gasteiger charge is -2.32. The van der Waals surface area contributed by atoms with Crippen molar-refractivity contribution in [2.75, 3.05) is 13.1 Å². The predicted molar refractivity (Wildman–Crippen MR) is 44.9 cm³/mol. The molecule has 1 aliphatic rings. The zero-order valence-electron chi connectivity index (χ0n) is 7.35. The molecule has 1 rings (SSSR count). The minimum Gasteiger partial charge on any atom is -0.301 e. The van der Waals surface area contributed by atoms with E-state index < -0.39 is 0 Å². The van der Waals surface area contributed by atoms with E-state index in [2.05, 4.69) is 25.7 Å². The minimum atomic E-state index is 0.744. The van der Waals surface area contributed by atoms with Crippen molar-refractivity contribution in [2.45, 2.75) is 39.7 Å². The van der Waals surface area contributed by atoms with Crippen LogP contribution in [0.5, 0.6) is 0 Å². The highest BCUT2D eigenvalue weighted by molar-refractivity contribution is 4.90. The molecule has 0 amide bonds. The number of rotatable bonds is 1. The first kappa shape index (κ1) is 8.06. The molecule has 1 radical (unpaired) electrons. The summed E-state index contributed by atoms with van der Waals surface area (Å²) in [5.41, 5.74) is 0. The van der Waals surface area contributed by atoms with Crippen molar-refractivity contribution in [2.24, 2.45) is 0 Å². The lowest BCUT2D eigenvalue weighted by molar-refractivity contribution is 0.195. The fourth-order valence-electron chi connectivity index (χ4n) is 1.42. The fraction of sp³-hybridized carbons (Fsp3) is 0.889. The van der Waals surface area contributed by atoms with Crippen molar-refractivity contribution in [1.29, 1.82) is 0 Å². The van der Waals surface area contributed by atoms with E-state index in [0.717, 1.165) is 6.04 Å². The summed E-state index contributed by atoms with van der Waals surface area (Å²) in [7, 11) is 0. The maximum absolute atomic E-state index is 2.55. The molecule has 1 nitrogen and oxygen atoms in total. The second kappa shape index (κ2) is 3.38. The van der Waals surface area contributed by atoms with Crippen molar-refractivity contribution >= 4 is 0 Å². The predicted octanol–water partition coefficient (Wildman–Crippen LogP) is 2.08. The van der Waals surface area contributed by atoms with Crippen LogP contribution in [0.4, 0.5) is 0 Å². The zero-order chi connectivity index (χ0) is 7.56. The SMILES string of the molecule is C[C]1CCN(C(C)C)CC1. The summed E-state index contributed by atoms with van der Waals surface area (Å²) in [5.74, 6) is 1.68. The van der Waals surface area contributed by atoms with Crippen LogP contribution < -0.4 is 0 Å². The molecule has 1 saturated heterocycles. The Bertz CT molecular complexity index is 90.9. The Morgan fingerprint density at radius 3 is 2.10 bits per heavy atom. The first-order valence-corrected chi connectivity index (χ1v) is 4.25. The second-order valence-electron chi connectivity index (χ2n) is 3.59. The van der Waals surface area contributed by atoms with E-state index in [4.69, 9.17) is 0 Å². The smallest absolute Gasteiger partial charge is 0.00385 e. The van der Waals surface area contributed by atoms with E-state index in [9.17, 15) is 0 Å². The molecule has 0 bridgehead atoms. The highest BCUT2D eigenvalue weighted by Crippen LogP contribution is 2.19. The lowest BCUT2D eigenvalue weighted by Crippen LogP contribution is -2.37. The Kier molecular flexibility index (Phi) is 2.72. The summed E-state index contributed by atoms with van der Waals surface area (Å²) >= 11 is 0. The molecule has 0 aliphatic carbocycles. The van der Waals surface area contributed by atoms with Gasteiger partial charge in [-0.25, -0.2) is 0 Å². The fourth-order valence-corrected chi connectivity index (χ4v) is 1.42. The van der Waals surface area contributed by atoms with E-state index in [1.165, 1.54) is 25.9 Å². The monoisotopic (exact) mass is 140 g/mol. The highest BCUT2D eigenvalue weighted by Gasteiger charge is 2.17. The summed E-state index contributed by atoms with van der Waals surface area (Å²) in [4.78, 5) is 2.55. The normalized spacial score (nSPS) is 24.0. The van der Waals surface area contributed by atoms with Gasteiger partial charge in [-0.2, -0.15) is 0 Å². The summed E-state index contributed by atoms with van der Waals surface area (Å²) in [6.07, 6.45) is 2.64. The molecule has 0 aromatic heterocycles. The summed E-state index contributed by atoms with van der Waals surface area (Å²) in [6.45, 7) is 9.39. The molecule has 0 aromatic carbocycles. The van der Waals surface area contributed by atoms with Crippen LogP contribution in [0.15, 0.2) is 0 Å². The molecule has 59 valence electrons. The molecule has 0 N–H and O–H groups in total. The molecule has 10 heavy (non-hydrogen) atoms. The average molecular weight is 140 g/mol. The summed E-state index contributed by atoms with van der Waals surface area (Å²) in [6, 6.07) is 0.744. The lowest BCUT2D eigenvalue weighted by atomic mass is 9.98. The Morgan fingerprint density at radius 1 is 1.20 bits per heavy atom. The molecule has 0 aromatic rings. The van der Waals surface area contributed by atoms with Crippen molar-refractivity contribution in [3.05, 3.63) is 5.92 Å². The number of hydrogen-bond donors (Lipinski definition) is 0. The summed E-state index contributed by atoms with van der Waals surface area (Å²) in [5, 5.41) is 0. The molecule has 0 unspecified atom stereocenters. The minimum absolute atomic E-state index is 0.744. The van der Waals surface area contributed by atoms with E-state index in [-0.39, 0.29) is 0 Å². The number of likely N-dealkylation sites (tertiary alicyclic amines) is 1. The van der Waals surface area contributed by atoms with Gasteiger partial charge in [-0.3, -0.25) is 0 Å². The van der Waals surface area contributed by atoms with Gasteiger partial charge >= 0.3 is 0 Å². The van der Waals surface area contributed by atoms with Crippen LogP contribution >= 0.6 is 0 Å². The number of piperidine rings is 1. The van der Waals surface area contributed by atoms with Gasteiger partial charge in [0.15, 0.2) is 0 Å². The highest BCUT2D eigenvalue weighted by atomic mass is 15.1. The molecule has 0 saturated carbocycles. The molecule has 1 aliphatic heterocycles. The van der Waals surface area contributed by atoms with Crippen molar-refractivity contribution < 1.29 is 0 Å². The third kappa shape index (κ3) is 1.98. The van der Waals surface area contributed by atoms with Crippen LogP contribution in [-0.4, -0.2) is 24.0 Å². The Morgan fingerprint density at radius 2 is 1.70 bits per heavy atom. The van der Waals surface area contributed by atoms with E-state index in [0.29, 0.717) is 0 Å². The van der Waals surface area contributed by atoms with E-state index >= 15 is 0 Å². The number of hydrogen-bond acceptors (Lipinski definition) is 1. The Labute approximate surface area is 64.4 Å². The van der Waals surface area contributed by atoms with Gasteiger partial charge in [0.1, 0.15) is 0 Å². The van der Waals surface area contributed by atoms with Crippen LogP contribution in [-0.2, 0) is 0 Å². The first-order valence-electron chi connectivity index (χ1n) is 4.25. The summed E-state index contributed by atoms with van der Waals surface area (Å²) < 4.78 is 0. The molecule has 1 heteroatoms. The average Bonchev–Trinajstić information content (AvgIpc) is 1.88. The van der Waals surface area contributed by atoms with Gasteiger partial charge in [0, 0.05) is 6.04 Å². The second-order valence-corrected chi connectivity index (χ2v) is 3.59. The Balaban J connectivity index is 2.26. The van der Waals surface area contributed by atoms with Crippen LogP contribution in [0, 0.1) is 5.92 Å². The molecule has 1 heterocycles. The van der Waals surface area contributed by atoms with Crippen LogP contribution in [0.1, 0.15) is 33.6 Å². The molecular formula is C9H18N. The van der Waals surface area contributed by atoms with Crippen molar-refractivity contribution in [3.63, 3.8) is 0 Å². The van der Waals surface area contributed by atoms with Crippen molar-refractivity contribution in [1.82, 2.24) is 4.90 Å². The maximum atomic E-state index is 2.55. The molecule has 0 atom stereocenters. The van der Waals surface area contributed by atoms with Gasteiger partial charge in [-0.1, -0.05) is 6.92 Å². The van der Waals surface area contributed by atoms with Gasteiger partial charge in [-0.15, -0.1) is 0 Å². The zero-order valence-corrected chi connectivity index (χ0v) is 7.35. The van der Waals surface area contributed by atoms with Gasteiger partial charge in [-0.05, 0) is 45.7 Å². The van der Waals surface area contributed by atoms with Crippen LogP contribution in [0.3, 0.4) is 0 Å². The topological polar surface area (TPSA) is 3.24 Å². The molecule has 1 fully saturated rings. The third-order valence-electron chi connectivity index (χ3n) is 2.38. The van der Waals surface area contributed by atoms with Gasteiger partial charge in [0.05, 0.1) is 0 Å². The third-order valence-corrected chi connectivity index (χ3v) is 2.38. The van der Waals surface area contributed by atoms with E-state index in [1.54, 1.807) is 5.92 Å². The standard InChI is InChI=1S/C9H18N/c1-8(2)10-6-4-9(3)5-7-10/h8H,4-7H2,1-3H3. The van der Waals surface area contributed by atoms with Crippen LogP contribution in [0.2, 0.25) is 0 Å².